The molecule has 100 valence electrons. The van der Waals surface area contributed by atoms with Crippen LogP contribution in [0.4, 0.5) is 5.69 Å². The van der Waals surface area contributed by atoms with Crippen LogP contribution in [-0.2, 0) is 6.42 Å². The maximum Gasteiger partial charge on any atom is 0.0525 e. The van der Waals surface area contributed by atoms with Crippen LogP contribution in [-0.4, -0.2) is 6.04 Å². The van der Waals surface area contributed by atoms with Gasteiger partial charge in [-0.15, -0.1) is 0 Å². The van der Waals surface area contributed by atoms with E-state index < -0.39 is 0 Å². The lowest BCUT2D eigenvalue weighted by molar-refractivity contribution is 0.760. The fraction of sp³-hybridized carbons (Fsp3) is 0.263. The molecule has 0 amide bonds. The normalized spacial score (nSPS) is 19.2. The van der Waals surface area contributed by atoms with E-state index in [2.05, 4.69) is 67.3 Å². The monoisotopic (exact) mass is 261 g/mol. The molecule has 0 N–H and O–H groups in total. The van der Waals surface area contributed by atoms with Crippen molar-refractivity contribution in [3.8, 4) is 11.1 Å². The van der Waals surface area contributed by atoms with Gasteiger partial charge in [-0.1, -0.05) is 55.5 Å². The van der Waals surface area contributed by atoms with Gasteiger partial charge in [0, 0.05) is 22.9 Å². The van der Waals surface area contributed by atoms with Gasteiger partial charge in [0.15, 0.2) is 0 Å². The van der Waals surface area contributed by atoms with Crippen LogP contribution in [0.1, 0.15) is 31.4 Å². The molecule has 20 heavy (non-hydrogen) atoms. The van der Waals surface area contributed by atoms with Gasteiger partial charge in [0.1, 0.15) is 0 Å². The van der Waals surface area contributed by atoms with E-state index in [9.17, 15) is 0 Å². The molecule has 2 aliphatic heterocycles. The summed E-state index contributed by atoms with van der Waals surface area (Å²) in [6, 6.07) is 16.1. The van der Waals surface area contributed by atoms with Gasteiger partial charge in [-0.25, -0.2) is 0 Å². The Kier molecular flexibility index (Phi) is 2.50. The van der Waals surface area contributed by atoms with Gasteiger partial charge in [-0.2, -0.15) is 0 Å². The third kappa shape index (κ3) is 1.44. The first-order valence-corrected chi connectivity index (χ1v) is 7.52. The number of rotatable bonds is 1. The minimum atomic E-state index is 0.560. The summed E-state index contributed by atoms with van der Waals surface area (Å²) in [6.45, 7) is 4.58. The summed E-state index contributed by atoms with van der Waals surface area (Å²) in [7, 11) is 0. The Labute approximate surface area is 120 Å². The molecule has 0 unspecified atom stereocenters. The zero-order chi connectivity index (χ0) is 13.7. The summed E-state index contributed by atoms with van der Waals surface area (Å²) in [5.41, 5.74) is 8.46. The Morgan fingerprint density at radius 2 is 1.75 bits per heavy atom. The van der Waals surface area contributed by atoms with Crippen LogP contribution in [0.3, 0.4) is 0 Å². The molecule has 2 aromatic rings. The Morgan fingerprint density at radius 1 is 1.00 bits per heavy atom. The summed E-state index contributed by atoms with van der Waals surface area (Å²) in [5, 5.41) is 0. The Morgan fingerprint density at radius 3 is 2.55 bits per heavy atom. The van der Waals surface area contributed by atoms with Gasteiger partial charge in [-0.3, -0.25) is 0 Å². The highest BCUT2D eigenvalue weighted by molar-refractivity contribution is 6.01. The molecule has 0 fully saturated rings. The lowest BCUT2D eigenvalue weighted by Gasteiger charge is -2.36. The van der Waals surface area contributed by atoms with Gasteiger partial charge >= 0.3 is 0 Å². The molecule has 2 aromatic carbocycles. The average Bonchev–Trinajstić information content (AvgIpc) is 2.89. The van der Waals surface area contributed by atoms with Crippen LogP contribution in [0.5, 0.6) is 0 Å². The molecule has 2 aliphatic rings. The van der Waals surface area contributed by atoms with Crippen molar-refractivity contribution in [1.82, 2.24) is 0 Å². The molecule has 0 aliphatic carbocycles. The van der Waals surface area contributed by atoms with Crippen LogP contribution in [0.25, 0.3) is 16.8 Å². The third-order valence-corrected chi connectivity index (χ3v) is 4.59. The van der Waals surface area contributed by atoms with Crippen LogP contribution in [0.2, 0.25) is 0 Å². The van der Waals surface area contributed by atoms with Crippen LogP contribution >= 0.6 is 0 Å². The molecule has 1 heteroatoms. The zero-order valence-corrected chi connectivity index (χ0v) is 12.1. The van der Waals surface area contributed by atoms with Crippen molar-refractivity contribution < 1.29 is 0 Å². The summed E-state index contributed by atoms with van der Waals surface area (Å²) in [6.07, 6.45) is 4.63. The second kappa shape index (κ2) is 4.24. The molecule has 4 rings (SSSR count). The van der Waals surface area contributed by atoms with E-state index in [1.54, 1.807) is 0 Å². The van der Waals surface area contributed by atoms with Crippen molar-refractivity contribution in [2.45, 2.75) is 32.7 Å². The molecule has 0 radical (unpaired) electrons. The number of hydrogen-bond acceptors (Lipinski definition) is 1. The molecule has 1 atom stereocenters. The van der Waals surface area contributed by atoms with Crippen molar-refractivity contribution >= 4 is 11.4 Å². The molecular formula is C19H19N. The predicted octanol–water partition coefficient (Wildman–Crippen LogP) is 4.87. The number of hydrogen-bond donors (Lipinski definition) is 0. The molecule has 0 aromatic heterocycles. The summed E-state index contributed by atoms with van der Waals surface area (Å²) >= 11 is 0. The Balaban J connectivity index is 2.08. The minimum absolute atomic E-state index is 0.560. The fourth-order valence-electron chi connectivity index (χ4n) is 3.62. The largest absolute Gasteiger partial charge is 0.337 e. The standard InChI is InChI=1S/C19H19N/c1-3-14-7-6-10-17-15-8-4-5-9-16(15)18-12-11-13(2)20(18)19(14)17/h4-10,12-13H,3,11H2,1-2H3/t13-/m0/s1. The Hall–Kier alpha value is -2.02. The molecule has 0 saturated carbocycles. The number of fused-ring (bicyclic) bond motifs is 6. The fourth-order valence-corrected chi connectivity index (χ4v) is 3.62. The van der Waals surface area contributed by atoms with E-state index in [0.717, 1.165) is 12.8 Å². The van der Waals surface area contributed by atoms with E-state index in [0.29, 0.717) is 6.04 Å². The molecule has 0 saturated heterocycles. The lowest BCUT2D eigenvalue weighted by Crippen LogP contribution is -2.30. The van der Waals surface area contributed by atoms with Gasteiger partial charge < -0.3 is 4.90 Å². The van der Waals surface area contributed by atoms with Gasteiger partial charge in [0.05, 0.1) is 5.69 Å². The van der Waals surface area contributed by atoms with E-state index in [-0.39, 0.29) is 0 Å². The molecule has 0 spiro atoms. The smallest absolute Gasteiger partial charge is 0.0525 e. The highest BCUT2D eigenvalue weighted by Gasteiger charge is 2.33. The summed E-state index contributed by atoms with van der Waals surface area (Å²) in [5.74, 6) is 0. The summed E-state index contributed by atoms with van der Waals surface area (Å²) < 4.78 is 0. The average molecular weight is 261 g/mol. The van der Waals surface area contributed by atoms with Crippen molar-refractivity contribution in [1.29, 1.82) is 0 Å². The van der Waals surface area contributed by atoms with Crippen molar-refractivity contribution in [2.24, 2.45) is 0 Å². The van der Waals surface area contributed by atoms with Crippen molar-refractivity contribution in [3.05, 3.63) is 59.7 Å². The number of nitrogens with zero attached hydrogens (tertiary/aromatic N) is 1. The minimum Gasteiger partial charge on any atom is -0.337 e. The highest BCUT2D eigenvalue weighted by atomic mass is 15.2. The lowest BCUT2D eigenvalue weighted by atomic mass is 9.89. The van der Waals surface area contributed by atoms with Crippen molar-refractivity contribution in [3.63, 3.8) is 0 Å². The van der Waals surface area contributed by atoms with E-state index in [1.807, 2.05) is 0 Å². The molecule has 1 nitrogen and oxygen atoms in total. The predicted molar refractivity (Wildman–Crippen MR) is 85.8 cm³/mol. The quantitative estimate of drug-likeness (QED) is 0.708. The van der Waals surface area contributed by atoms with Crippen molar-refractivity contribution in [2.75, 3.05) is 4.90 Å². The molecule has 0 bridgehead atoms. The SMILES string of the molecule is CCc1cccc2c1N1C(=CC[C@@H]1C)c1ccccc1-2. The van der Waals surface area contributed by atoms with Gasteiger partial charge in [0.25, 0.3) is 0 Å². The number of benzene rings is 2. The first-order chi connectivity index (χ1) is 9.81. The van der Waals surface area contributed by atoms with Gasteiger partial charge in [-0.05, 0) is 30.9 Å². The number of para-hydroxylation sites is 1. The van der Waals surface area contributed by atoms with E-state index in [4.69, 9.17) is 0 Å². The molecule has 2 heterocycles. The number of anilines is 1. The van der Waals surface area contributed by atoms with Crippen LogP contribution < -0.4 is 4.90 Å². The second-order valence-electron chi connectivity index (χ2n) is 5.76. The van der Waals surface area contributed by atoms with Gasteiger partial charge in [0.2, 0.25) is 0 Å². The van der Waals surface area contributed by atoms with E-state index >= 15 is 0 Å². The zero-order valence-electron chi connectivity index (χ0n) is 12.1. The van der Waals surface area contributed by atoms with Crippen LogP contribution in [0.15, 0.2) is 48.5 Å². The van der Waals surface area contributed by atoms with E-state index in [1.165, 1.54) is 33.6 Å². The summed E-state index contributed by atoms with van der Waals surface area (Å²) in [4.78, 5) is 2.55. The highest BCUT2D eigenvalue weighted by Crippen LogP contribution is 2.49. The third-order valence-electron chi connectivity index (χ3n) is 4.59. The maximum atomic E-state index is 2.55. The Bertz CT molecular complexity index is 711. The maximum absolute atomic E-state index is 2.55. The second-order valence-corrected chi connectivity index (χ2v) is 5.76. The first-order valence-electron chi connectivity index (χ1n) is 7.52. The molecular weight excluding hydrogens is 242 g/mol. The topological polar surface area (TPSA) is 3.24 Å². The first kappa shape index (κ1) is 11.8. The number of aryl methyl sites for hydroxylation is 1. The van der Waals surface area contributed by atoms with Crippen LogP contribution in [0, 0.1) is 0 Å².